The van der Waals surface area contributed by atoms with E-state index in [1.54, 1.807) is 12.7 Å². The minimum atomic E-state index is 0.952. The van der Waals surface area contributed by atoms with Crippen molar-refractivity contribution in [3.05, 3.63) is 55.2 Å². The first kappa shape index (κ1) is 12.3. The largest absolute Gasteiger partial charge is 0.362 e. The van der Waals surface area contributed by atoms with Crippen LogP contribution in [-0.4, -0.2) is 33.8 Å². The molecule has 0 amide bonds. The molecule has 0 spiro atoms. The van der Waals surface area contributed by atoms with Gasteiger partial charge in [-0.1, -0.05) is 12.1 Å². The fourth-order valence-corrected chi connectivity index (χ4v) is 2.15. The van der Waals surface area contributed by atoms with E-state index in [9.17, 15) is 0 Å². The van der Waals surface area contributed by atoms with Crippen molar-refractivity contribution in [1.82, 2.24) is 19.7 Å². The first-order valence-electron chi connectivity index (χ1n) is 6.33. The van der Waals surface area contributed by atoms with Crippen LogP contribution in [0.15, 0.2) is 55.2 Å². The van der Waals surface area contributed by atoms with Gasteiger partial charge in [0.2, 0.25) is 0 Å². The molecule has 0 aliphatic heterocycles. The third-order valence-corrected chi connectivity index (χ3v) is 3.08. The second kappa shape index (κ2) is 5.13. The van der Waals surface area contributed by atoms with Crippen LogP contribution in [0.3, 0.4) is 0 Å². The highest BCUT2D eigenvalue weighted by Gasteiger charge is 2.08. The molecule has 0 unspecified atom stereocenters. The van der Waals surface area contributed by atoms with E-state index in [-0.39, 0.29) is 0 Å². The molecule has 2 aromatic heterocycles. The predicted octanol–water partition coefficient (Wildman–Crippen LogP) is 2.40. The Morgan fingerprint density at radius 1 is 1.00 bits per heavy atom. The van der Waals surface area contributed by atoms with Crippen molar-refractivity contribution in [2.24, 2.45) is 0 Å². The maximum Gasteiger partial charge on any atom is 0.135 e. The third-order valence-electron chi connectivity index (χ3n) is 3.08. The van der Waals surface area contributed by atoms with E-state index < -0.39 is 0 Å². The molecule has 0 fully saturated rings. The first-order chi connectivity index (χ1) is 9.75. The van der Waals surface area contributed by atoms with Crippen LogP contribution in [0.5, 0.6) is 0 Å². The molecular weight excluding hydrogens is 250 g/mol. The molecule has 0 bridgehead atoms. The van der Waals surface area contributed by atoms with Crippen molar-refractivity contribution in [3.8, 4) is 16.8 Å². The Bertz CT molecular complexity index is 704. The highest BCUT2D eigenvalue weighted by atomic mass is 15.2. The summed E-state index contributed by atoms with van der Waals surface area (Å²) >= 11 is 0. The van der Waals surface area contributed by atoms with E-state index in [1.165, 1.54) is 0 Å². The molecule has 20 heavy (non-hydrogen) atoms. The van der Waals surface area contributed by atoms with Gasteiger partial charge in [-0.25, -0.2) is 4.98 Å². The van der Waals surface area contributed by atoms with Gasteiger partial charge in [0, 0.05) is 31.5 Å². The lowest BCUT2D eigenvalue weighted by molar-refractivity contribution is 1.05. The minimum absolute atomic E-state index is 0.952. The number of hydrogen-bond acceptors (Lipinski definition) is 4. The van der Waals surface area contributed by atoms with Crippen molar-refractivity contribution >= 4 is 5.82 Å². The zero-order valence-electron chi connectivity index (χ0n) is 11.4. The molecule has 0 aliphatic rings. The van der Waals surface area contributed by atoms with Gasteiger partial charge in [0.1, 0.15) is 18.5 Å². The Kier molecular flexibility index (Phi) is 3.16. The first-order valence-corrected chi connectivity index (χ1v) is 6.33. The summed E-state index contributed by atoms with van der Waals surface area (Å²) in [6.45, 7) is 0. The number of anilines is 1. The summed E-state index contributed by atoms with van der Waals surface area (Å²) in [4.78, 5) is 6.46. The van der Waals surface area contributed by atoms with E-state index in [4.69, 9.17) is 0 Å². The molecule has 3 aromatic rings. The number of hydrogen-bond donors (Lipinski definition) is 0. The van der Waals surface area contributed by atoms with Gasteiger partial charge in [-0.2, -0.15) is 0 Å². The standard InChI is InChI=1S/C15H15N5/c1-19(2)15-14(7-4-8-16-15)12-5-3-6-13(9-12)20-10-17-18-11-20/h3-11H,1-2H3. The van der Waals surface area contributed by atoms with E-state index in [0.717, 1.165) is 22.6 Å². The van der Waals surface area contributed by atoms with Crippen LogP contribution >= 0.6 is 0 Å². The molecule has 1 aromatic carbocycles. The maximum atomic E-state index is 4.44. The molecule has 0 atom stereocenters. The predicted molar refractivity (Wildman–Crippen MR) is 78.9 cm³/mol. The van der Waals surface area contributed by atoms with Gasteiger partial charge < -0.3 is 4.90 Å². The molecule has 0 aliphatic carbocycles. The lowest BCUT2D eigenvalue weighted by Gasteiger charge is -2.16. The zero-order chi connectivity index (χ0) is 13.9. The average molecular weight is 265 g/mol. The highest BCUT2D eigenvalue weighted by Crippen LogP contribution is 2.28. The van der Waals surface area contributed by atoms with Crippen LogP contribution in [0.2, 0.25) is 0 Å². The van der Waals surface area contributed by atoms with Crippen LogP contribution in [0.4, 0.5) is 5.82 Å². The van der Waals surface area contributed by atoms with Crippen molar-refractivity contribution < 1.29 is 0 Å². The Balaban J connectivity index is 2.10. The second-order valence-electron chi connectivity index (χ2n) is 4.69. The number of pyridine rings is 1. The monoisotopic (exact) mass is 265 g/mol. The molecule has 3 rings (SSSR count). The summed E-state index contributed by atoms with van der Waals surface area (Å²) in [5.74, 6) is 0.952. The average Bonchev–Trinajstić information content (AvgIpc) is 3.01. The van der Waals surface area contributed by atoms with Crippen molar-refractivity contribution in [2.75, 3.05) is 19.0 Å². The van der Waals surface area contributed by atoms with Gasteiger partial charge in [0.05, 0.1) is 0 Å². The fraction of sp³-hybridized carbons (Fsp3) is 0.133. The van der Waals surface area contributed by atoms with E-state index >= 15 is 0 Å². The van der Waals surface area contributed by atoms with Gasteiger partial charge in [0.15, 0.2) is 0 Å². The van der Waals surface area contributed by atoms with Crippen molar-refractivity contribution in [3.63, 3.8) is 0 Å². The van der Waals surface area contributed by atoms with Gasteiger partial charge in [-0.15, -0.1) is 10.2 Å². The quantitative estimate of drug-likeness (QED) is 0.729. The second-order valence-corrected chi connectivity index (χ2v) is 4.69. The number of benzene rings is 1. The van der Waals surface area contributed by atoms with Gasteiger partial charge >= 0.3 is 0 Å². The van der Waals surface area contributed by atoms with Crippen LogP contribution in [-0.2, 0) is 0 Å². The summed E-state index contributed by atoms with van der Waals surface area (Å²) in [7, 11) is 3.99. The summed E-state index contributed by atoms with van der Waals surface area (Å²) in [5.41, 5.74) is 3.25. The van der Waals surface area contributed by atoms with Crippen LogP contribution in [0, 0.1) is 0 Å². The SMILES string of the molecule is CN(C)c1ncccc1-c1cccc(-n2cnnc2)c1. The Labute approximate surface area is 117 Å². The van der Waals surface area contributed by atoms with Gasteiger partial charge in [-0.05, 0) is 29.8 Å². The van der Waals surface area contributed by atoms with E-state index in [1.807, 2.05) is 48.0 Å². The summed E-state index contributed by atoms with van der Waals surface area (Å²) in [6.07, 6.45) is 5.19. The van der Waals surface area contributed by atoms with Gasteiger partial charge in [0.25, 0.3) is 0 Å². The lowest BCUT2D eigenvalue weighted by atomic mass is 10.1. The number of rotatable bonds is 3. The van der Waals surface area contributed by atoms with E-state index in [0.29, 0.717) is 0 Å². The smallest absolute Gasteiger partial charge is 0.135 e. The zero-order valence-corrected chi connectivity index (χ0v) is 11.4. The molecule has 100 valence electrons. The molecule has 0 radical (unpaired) electrons. The van der Waals surface area contributed by atoms with Crippen LogP contribution in [0.25, 0.3) is 16.8 Å². The molecule has 0 saturated heterocycles. The molecule has 5 heteroatoms. The van der Waals surface area contributed by atoms with E-state index in [2.05, 4.69) is 33.4 Å². The number of nitrogens with zero attached hydrogens (tertiary/aromatic N) is 5. The molecular formula is C15H15N5. The topological polar surface area (TPSA) is 46.8 Å². The van der Waals surface area contributed by atoms with Crippen LogP contribution in [0.1, 0.15) is 0 Å². The summed E-state index contributed by atoms with van der Waals surface area (Å²) in [5, 5.41) is 7.68. The minimum Gasteiger partial charge on any atom is -0.362 e. The lowest BCUT2D eigenvalue weighted by Crippen LogP contribution is -2.11. The Morgan fingerprint density at radius 3 is 2.55 bits per heavy atom. The van der Waals surface area contributed by atoms with Gasteiger partial charge in [-0.3, -0.25) is 4.57 Å². The highest BCUT2D eigenvalue weighted by molar-refractivity contribution is 5.76. The number of aromatic nitrogens is 4. The molecule has 0 N–H and O–H groups in total. The van der Waals surface area contributed by atoms with Crippen LogP contribution < -0.4 is 4.90 Å². The van der Waals surface area contributed by atoms with Crippen molar-refractivity contribution in [1.29, 1.82) is 0 Å². The normalized spacial score (nSPS) is 10.5. The Morgan fingerprint density at radius 2 is 1.80 bits per heavy atom. The summed E-state index contributed by atoms with van der Waals surface area (Å²) in [6, 6.07) is 12.3. The molecule has 0 saturated carbocycles. The Hall–Kier alpha value is -2.69. The maximum absolute atomic E-state index is 4.44. The fourth-order valence-electron chi connectivity index (χ4n) is 2.15. The molecule has 2 heterocycles. The third kappa shape index (κ3) is 2.25. The van der Waals surface area contributed by atoms with Crippen molar-refractivity contribution in [2.45, 2.75) is 0 Å². The molecule has 5 nitrogen and oxygen atoms in total. The summed E-state index contributed by atoms with van der Waals surface area (Å²) < 4.78 is 1.88.